The zero-order valence-electron chi connectivity index (χ0n) is 16.0. The summed E-state index contributed by atoms with van der Waals surface area (Å²) < 4.78 is 5.03. The van der Waals surface area contributed by atoms with E-state index in [0.29, 0.717) is 12.5 Å². The molecule has 0 aliphatic carbocycles. The van der Waals surface area contributed by atoms with Crippen LogP contribution in [0.25, 0.3) is 0 Å². The second-order valence-corrected chi connectivity index (χ2v) is 7.23. The topological polar surface area (TPSA) is 75.7 Å². The van der Waals surface area contributed by atoms with Gasteiger partial charge in [-0.1, -0.05) is 26.0 Å². The van der Waals surface area contributed by atoms with Crippen LogP contribution in [0.15, 0.2) is 24.3 Å². The Morgan fingerprint density at radius 1 is 1.27 bits per heavy atom. The molecule has 1 N–H and O–H groups in total. The van der Waals surface area contributed by atoms with Gasteiger partial charge in [-0.05, 0) is 37.5 Å². The predicted octanol–water partition coefficient (Wildman–Crippen LogP) is 2.62. The van der Waals surface area contributed by atoms with E-state index < -0.39 is 5.92 Å². The third-order valence-corrected chi connectivity index (χ3v) is 4.34. The molecule has 1 atom stereocenters. The molecular weight excluding hydrogens is 332 g/mol. The first-order chi connectivity index (χ1) is 12.3. The number of anilines is 1. The molecule has 6 nitrogen and oxygen atoms in total. The third-order valence-electron chi connectivity index (χ3n) is 4.34. The number of carbonyl (C=O) groups is 3. The highest BCUT2D eigenvalue weighted by atomic mass is 16.5. The monoisotopic (exact) mass is 360 g/mol. The largest absolute Gasteiger partial charge is 0.463 e. The molecule has 0 aromatic heterocycles. The van der Waals surface area contributed by atoms with Gasteiger partial charge in [0.2, 0.25) is 11.8 Å². The highest BCUT2D eigenvalue weighted by Gasteiger charge is 2.35. The van der Waals surface area contributed by atoms with Crippen molar-refractivity contribution in [3.63, 3.8) is 0 Å². The smallest absolute Gasteiger partial charge is 0.307 e. The maximum Gasteiger partial charge on any atom is 0.307 e. The van der Waals surface area contributed by atoms with Gasteiger partial charge in [0.15, 0.2) is 0 Å². The van der Waals surface area contributed by atoms with Crippen molar-refractivity contribution in [2.45, 2.75) is 52.6 Å². The van der Waals surface area contributed by atoms with Gasteiger partial charge < -0.3 is 15.0 Å². The minimum atomic E-state index is -0.397. The Hall–Kier alpha value is -2.37. The minimum Gasteiger partial charge on any atom is -0.463 e. The van der Waals surface area contributed by atoms with Crippen molar-refractivity contribution in [3.05, 3.63) is 29.8 Å². The molecule has 2 rings (SSSR count). The Morgan fingerprint density at radius 3 is 2.65 bits per heavy atom. The Morgan fingerprint density at radius 2 is 2.00 bits per heavy atom. The molecule has 0 bridgehead atoms. The lowest BCUT2D eigenvalue weighted by Crippen LogP contribution is -2.34. The van der Waals surface area contributed by atoms with E-state index in [1.54, 1.807) is 18.7 Å². The van der Waals surface area contributed by atoms with Crippen LogP contribution in [0, 0.1) is 5.92 Å². The molecule has 6 heteroatoms. The SMILES string of the molecule is CC(C)OC(=O)CCNC(=O)C1CC(=O)N(c2cccc(C(C)C)c2)C1. The first-order valence-corrected chi connectivity index (χ1v) is 9.15. The number of nitrogens with zero attached hydrogens (tertiary/aromatic N) is 1. The van der Waals surface area contributed by atoms with Gasteiger partial charge in [-0.3, -0.25) is 14.4 Å². The Bertz CT molecular complexity index is 670. The van der Waals surface area contributed by atoms with Crippen molar-refractivity contribution in [3.8, 4) is 0 Å². The number of amides is 2. The van der Waals surface area contributed by atoms with Crippen molar-refractivity contribution < 1.29 is 19.1 Å². The van der Waals surface area contributed by atoms with Gasteiger partial charge in [-0.25, -0.2) is 0 Å². The average Bonchev–Trinajstić information content (AvgIpc) is 2.96. The van der Waals surface area contributed by atoms with E-state index in [0.717, 1.165) is 11.3 Å². The summed E-state index contributed by atoms with van der Waals surface area (Å²) in [6.07, 6.45) is 0.152. The summed E-state index contributed by atoms with van der Waals surface area (Å²) in [5.41, 5.74) is 1.99. The van der Waals surface area contributed by atoms with Crippen LogP contribution in [-0.4, -0.2) is 37.0 Å². The van der Waals surface area contributed by atoms with E-state index in [1.165, 1.54) is 0 Å². The normalized spacial score (nSPS) is 17.1. The van der Waals surface area contributed by atoms with E-state index in [1.807, 2.05) is 24.3 Å². The fraction of sp³-hybridized carbons (Fsp3) is 0.550. The van der Waals surface area contributed by atoms with Crippen LogP contribution in [0.5, 0.6) is 0 Å². The molecule has 1 fully saturated rings. The minimum absolute atomic E-state index is 0.0507. The van der Waals surface area contributed by atoms with Crippen LogP contribution in [0.4, 0.5) is 5.69 Å². The van der Waals surface area contributed by atoms with Crippen LogP contribution in [0.3, 0.4) is 0 Å². The van der Waals surface area contributed by atoms with Crippen molar-refractivity contribution in [2.75, 3.05) is 18.0 Å². The van der Waals surface area contributed by atoms with Gasteiger partial charge in [0.05, 0.1) is 18.4 Å². The maximum atomic E-state index is 12.3. The summed E-state index contributed by atoms with van der Waals surface area (Å²) in [5.74, 6) is -0.609. The molecule has 1 saturated heterocycles. The van der Waals surface area contributed by atoms with E-state index in [4.69, 9.17) is 4.74 Å². The number of carbonyl (C=O) groups excluding carboxylic acids is 3. The first kappa shape index (κ1) is 19.9. The van der Waals surface area contributed by atoms with Crippen molar-refractivity contribution in [1.29, 1.82) is 0 Å². The molecule has 1 aliphatic heterocycles. The number of benzene rings is 1. The molecule has 1 aromatic rings. The van der Waals surface area contributed by atoms with Gasteiger partial charge in [-0.2, -0.15) is 0 Å². The Labute approximate surface area is 154 Å². The van der Waals surface area contributed by atoms with E-state index in [-0.39, 0.29) is 43.3 Å². The zero-order valence-corrected chi connectivity index (χ0v) is 16.0. The summed E-state index contributed by atoms with van der Waals surface area (Å²) in [5, 5.41) is 2.73. The first-order valence-electron chi connectivity index (χ1n) is 9.15. The van der Waals surface area contributed by atoms with E-state index in [2.05, 4.69) is 19.2 Å². The molecule has 1 aliphatic rings. The molecule has 142 valence electrons. The maximum absolute atomic E-state index is 12.3. The van der Waals surface area contributed by atoms with Crippen LogP contribution < -0.4 is 10.2 Å². The molecule has 2 amide bonds. The van der Waals surface area contributed by atoms with Crippen LogP contribution in [0.1, 0.15) is 52.0 Å². The fourth-order valence-electron chi connectivity index (χ4n) is 2.94. The molecule has 0 radical (unpaired) electrons. The van der Waals surface area contributed by atoms with Crippen molar-refractivity contribution >= 4 is 23.5 Å². The molecule has 0 spiro atoms. The van der Waals surface area contributed by atoms with Gasteiger partial charge in [0.1, 0.15) is 0 Å². The summed E-state index contributed by atoms with van der Waals surface area (Å²) in [4.78, 5) is 37.8. The average molecular weight is 360 g/mol. The number of rotatable bonds is 7. The molecule has 1 aromatic carbocycles. The lowest BCUT2D eigenvalue weighted by Gasteiger charge is -2.18. The molecule has 0 saturated carbocycles. The quantitative estimate of drug-likeness (QED) is 0.759. The molecular formula is C20H28N2O4. The standard InChI is InChI=1S/C20H28N2O4/c1-13(2)15-6-5-7-17(10-15)22-12-16(11-18(22)23)20(25)21-9-8-19(24)26-14(3)4/h5-7,10,13-14,16H,8-9,11-12H2,1-4H3,(H,21,25). The Kier molecular flexibility index (Phi) is 6.77. The van der Waals surface area contributed by atoms with Gasteiger partial charge in [-0.15, -0.1) is 0 Å². The molecule has 26 heavy (non-hydrogen) atoms. The highest BCUT2D eigenvalue weighted by molar-refractivity contribution is 6.00. The lowest BCUT2D eigenvalue weighted by atomic mass is 10.0. The number of esters is 1. The third kappa shape index (κ3) is 5.31. The number of ether oxygens (including phenoxy) is 1. The molecule has 1 heterocycles. The second-order valence-electron chi connectivity index (χ2n) is 7.23. The van der Waals surface area contributed by atoms with Gasteiger partial charge >= 0.3 is 5.97 Å². The lowest BCUT2D eigenvalue weighted by molar-refractivity contribution is -0.147. The van der Waals surface area contributed by atoms with Gasteiger partial charge in [0, 0.05) is 25.2 Å². The van der Waals surface area contributed by atoms with Gasteiger partial charge in [0.25, 0.3) is 0 Å². The number of nitrogens with one attached hydrogen (secondary N) is 1. The van der Waals surface area contributed by atoms with E-state index >= 15 is 0 Å². The van der Waals surface area contributed by atoms with Crippen molar-refractivity contribution in [2.24, 2.45) is 5.92 Å². The zero-order chi connectivity index (χ0) is 19.3. The number of hydrogen-bond acceptors (Lipinski definition) is 4. The summed E-state index contributed by atoms with van der Waals surface area (Å²) in [7, 11) is 0. The Balaban J connectivity index is 1.89. The summed E-state index contributed by atoms with van der Waals surface area (Å²) in [6.45, 7) is 8.35. The van der Waals surface area contributed by atoms with Crippen LogP contribution >= 0.6 is 0 Å². The molecule has 1 unspecified atom stereocenters. The highest BCUT2D eigenvalue weighted by Crippen LogP contribution is 2.27. The summed E-state index contributed by atoms with van der Waals surface area (Å²) >= 11 is 0. The number of hydrogen-bond donors (Lipinski definition) is 1. The van der Waals surface area contributed by atoms with Crippen molar-refractivity contribution in [1.82, 2.24) is 5.32 Å². The fourth-order valence-corrected chi connectivity index (χ4v) is 2.94. The van der Waals surface area contributed by atoms with E-state index in [9.17, 15) is 14.4 Å². The predicted molar refractivity (Wildman–Crippen MR) is 99.8 cm³/mol. The van der Waals surface area contributed by atoms with Crippen LogP contribution in [0.2, 0.25) is 0 Å². The summed E-state index contributed by atoms with van der Waals surface area (Å²) in [6, 6.07) is 7.87. The van der Waals surface area contributed by atoms with Crippen LogP contribution in [-0.2, 0) is 19.1 Å². The second kappa shape index (κ2) is 8.83.